The van der Waals surface area contributed by atoms with Crippen LogP contribution in [0.3, 0.4) is 0 Å². The van der Waals surface area contributed by atoms with E-state index in [1.54, 1.807) is 12.1 Å². The standard InChI is InChI=1S/C14H10INO5/c15-9-3-1-2-4-11(9)21-12-8-14-13(19-5-6-20-14)7-10(12)16(17)18/h1-4,7-8H,5-6H2. The summed E-state index contributed by atoms with van der Waals surface area (Å²) < 4.78 is 17.3. The minimum atomic E-state index is -0.497. The van der Waals surface area contributed by atoms with Gasteiger partial charge in [0.2, 0.25) is 5.75 Å². The van der Waals surface area contributed by atoms with Crippen LogP contribution in [-0.2, 0) is 0 Å². The molecule has 0 spiro atoms. The van der Waals surface area contributed by atoms with Crippen LogP contribution in [0.25, 0.3) is 0 Å². The van der Waals surface area contributed by atoms with Crippen LogP contribution in [0.15, 0.2) is 36.4 Å². The van der Waals surface area contributed by atoms with Gasteiger partial charge >= 0.3 is 5.69 Å². The number of hydrogen-bond acceptors (Lipinski definition) is 5. The van der Waals surface area contributed by atoms with Crippen molar-refractivity contribution in [1.82, 2.24) is 0 Å². The van der Waals surface area contributed by atoms with Crippen LogP contribution in [0, 0.1) is 13.7 Å². The van der Waals surface area contributed by atoms with Crippen molar-refractivity contribution in [2.75, 3.05) is 13.2 Å². The lowest BCUT2D eigenvalue weighted by molar-refractivity contribution is -0.385. The molecule has 7 heteroatoms. The predicted molar refractivity (Wildman–Crippen MR) is 83.3 cm³/mol. The predicted octanol–water partition coefficient (Wildman–Crippen LogP) is 3.76. The topological polar surface area (TPSA) is 70.8 Å². The summed E-state index contributed by atoms with van der Waals surface area (Å²) >= 11 is 2.11. The molecule has 1 aliphatic rings. The number of halogens is 1. The Hall–Kier alpha value is -2.03. The molecule has 6 nitrogen and oxygen atoms in total. The monoisotopic (exact) mass is 399 g/mol. The molecule has 1 heterocycles. The normalized spacial score (nSPS) is 12.8. The van der Waals surface area contributed by atoms with Gasteiger partial charge in [0.25, 0.3) is 0 Å². The molecule has 0 N–H and O–H groups in total. The Morgan fingerprint density at radius 1 is 1.10 bits per heavy atom. The second-order valence-corrected chi connectivity index (χ2v) is 5.42. The summed E-state index contributed by atoms with van der Waals surface area (Å²) in [6.07, 6.45) is 0. The Balaban J connectivity index is 2.04. The molecule has 3 rings (SSSR count). The number of ether oxygens (including phenoxy) is 3. The minimum Gasteiger partial charge on any atom is -0.486 e. The van der Waals surface area contributed by atoms with Crippen LogP contribution in [0.2, 0.25) is 0 Å². The Morgan fingerprint density at radius 3 is 2.43 bits per heavy atom. The molecule has 0 aliphatic carbocycles. The van der Waals surface area contributed by atoms with Gasteiger partial charge in [-0.05, 0) is 34.7 Å². The van der Waals surface area contributed by atoms with Crippen molar-refractivity contribution < 1.29 is 19.1 Å². The van der Waals surface area contributed by atoms with Gasteiger partial charge in [0.1, 0.15) is 19.0 Å². The Kier molecular flexibility index (Phi) is 3.82. The number of para-hydroxylation sites is 1. The van der Waals surface area contributed by atoms with Crippen molar-refractivity contribution in [3.8, 4) is 23.0 Å². The zero-order chi connectivity index (χ0) is 14.8. The van der Waals surface area contributed by atoms with Gasteiger partial charge in [0, 0.05) is 6.07 Å². The molecular weight excluding hydrogens is 389 g/mol. The van der Waals surface area contributed by atoms with Crippen LogP contribution < -0.4 is 14.2 Å². The summed E-state index contributed by atoms with van der Waals surface area (Å²) in [6.45, 7) is 0.786. The average molecular weight is 399 g/mol. The number of fused-ring (bicyclic) bond motifs is 1. The minimum absolute atomic E-state index is 0.133. The molecule has 1 aliphatic heterocycles. The number of nitro groups is 1. The van der Waals surface area contributed by atoms with Crippen LogP contribution in [0.4, 0.5) is 5.69 Å². The van der Waals surface area contributed by atoms with Gasteiger partial charge in [0.15, 0.2) is 11.5 Å². The van der Waals surface area contributed by atoms with Gasteiger partial charge in [-0.3, -0.25) is 10.1 Å². The second kappa shape index (κ2) is 5.76. The maximum absolute atomic E-state index is 11.2. The van der Waals surface area contributed by atoms with E-state index < -0.39 is 4.92 Å². The maximum Gasteiger partial charge on any atom is 0.315 e. The van der Waals surface area contributed by atoms with E-state index in [9.17, 15) is 10.1 Å². The smallest absolute Gasteiger partial charge is 0.315 e. The molecule has 0 radical (unpaired) electrons. The first kappa shape index (κ1) is 13.9. The average Bonchev–Trinajstić information content (AvgIpc) is 2.48. The quantitative estimate of drug-likeness (QED) is 0.447. The molecule has 2 aromatic rings. The molecule has 0 bridgehead atoms. The van der Waals surface area contributed by atoms with Crippen molar-refractivity contribution in [3.63, 3.8) is 0 Å². The molecule has 0 atom stereocenters. The summed E-state index contributed by atoms with van der Waals surface area (Å²) in [5.74, 6) is 1.50. The molecular formula is C14H10INO5. The number of hydrogen-bond donors (Lipinski definition) is 0. The molecule has 21 heavy (non-hydrogen) atoms. The zero-order valence-corrected chi connectivity index (χ0v) is 12.9. The van der Waals surface area contributed by atoms with E-state index in [2.05, 4.69) is 22.6 Å². The first-order valence-corrected chi connectivity index (χ1v) is 7.23. The lowest BCUT2D eigenvalue weighted by Crippen LogP contribution is -2.15. The third kappa shape index (κ3) is 2.87. The zero-order valence-electron chi connectivity index (χ0n) is 10.7. The van der Waals surface area contributed by atoms with E-state index in [0.717, 1.165) is 3.57 Å². The van der Waals surface area contributed by atoms with Gasteiger partial charge in [-0.25, -0.2) is 0 Å². The third-order valence-electron chi connectivity index (χ3n) is 2.88. The van der Waals surface area contributed by atoms with Crippen molar-refractivity contribution in [3.05, 3.63) is 50.1 Å². The highest BCUT2D eigenvalue weighted by atomic mass is 127. The van der Waals surface area contributed by atoms with Crippen molar-refractivity contribution in [1.29, 1.82) is 0 Å². The first-order valence-electron chi connectivity index (χ1n) is 6.15. The van der Waals surface area contributed by atoms with E-state index >= 15 is 0 Å². The second-order valence-electron chi connectivity index (χ2n) is 4.25. The summed E-state index contributed by atoms with van der Waals surface area (Å²) in [7, 11) is 0. The highest BCUT2D eigenvalue weighted by Gasteiger charge is 2.24. The fourth-order valence-electron chi connectivity index (χ4n) is 1.93. The first-order chi connectivity index (χ1) is 10.1. The molecule has 0 saturated carbocycles. The molecule has 0 unspecified atom stereocenters. The van der Waals surface area contributed by atoms with E-state index in [0.29, 0.717) is 30.5 Å². The van der Waals surface area contributed by atoms with Crippen LogP contribution >= 0.6 is 22.6 Å². The van der Waals surface area contributed by atoms with E-state index in [1.165, 1.54) is 12.1 Å². The Labute approximate surface area is 133 Å². The fourth-order valence-corrected chi connectivity index (χ4v) is 2.43. The molecule has 0 aromatic heterocycles. The van der Waals surface area contributed by atoms with Gasteiger partial charge in [-0.2, -0.15) is 0 Å². The summed E-state index contributed by atoms with van der Waals surface area (Å²) in [5.41, 5.74) is -0.154. The maximum atomic E-state index is 11.2. The fraction of sp³-hybridized carbons (Fsp3) is 0.143. The lowest BCUT2D eigenvalue weighted by atomic mass is 10.2. The largest absolute Gasteiger partial charge is 0.486 e. The van der Waals surface area contributed by atoms with Crippen molar-refractivity contribution in [2.24, 2.45) is 0 Å². The van der Waals surface area contributed by atoms with Gasteiger partial charge in [0.05, 0.1) is 14.6 Å². The Bertz CT molecular complexity index is 704. The molecule has 2 aromatic carbocycles. The molecule has 0 amide bonds. The number of nitro benzene ring substituents is 1. The molecule has 0 fully saturated rings. The summed E-state index contributed by atoms with van der Waals surface area (Å²) in [6, 6.07) is 10.1. The van der Waals surface area contributed by atoms with Crippen molar-refractivity contribution >= 4 is 28.3 Å². The highest BCUT2D eigenvalue weighted by molar-refractivity contribution is 14.1. The van der Waals surface area contributed by atoms with E-state index in [4.69, 9.17) is 14.2 Å². The van der Waals surface area contributed by atoms with Gasteiger partial charge in [-0.15, -0.1) is 0 Å². The molecule has 0 saturated heterocycles. The van der Waals surface area contributed by atoms with Crippen LogP contribution in [0.1, 0.15) is 0 Å². The highest BCUT2D eigenvalue weighted by Crippen LogP contribution is 2.42. The van der Waals surface area contributed by atoms with E-state index in [1.807, 2.05) is 12.1 Å². The van der Waals surface area contributed by atoms with E-state index in [-0.39, 0.29) is 11.4 Å². The lowest BCUT2D eigenvalue weighted by Gasteiger charge is -2.19. The SMILES string of the molecule is O=[N+]([O-])c1cc2c(cc1Oc1ccccc1I)OCCO2. The van der Waals surface area contributed by atoms with Crippen LogP contribution in [0.5, 0.6) is 23.0 Å². The van der Waals surface area contributed by atoms with Gasteiger partial charge < -0.3 is 14.2 Å². The number of benzene rings is 2. The summed E-state index contributed by atoms with van der Waals surface area (Å²) in [4.78, 5) is 10.7. The van der Waals surface area contributed by atoms with Crippen LogP contribution in [-0.4, -0.2) is 18.1 Å². The van der Waals surface area contributed by atoms with Gasteiger partial charge in [-0.1, -0.05) is 12.1 Å². The summed E-state index contributed by atoms with van der Waals surface area (Å²) in [5, 5.41) is 11.2. The Morgan fingerprint density at radius 2 is 1.76 bits per heavy atom. The number of nitrogens with zero attached hydrogens (tertiary/aromatic N) is 1. The molecule has 108 valence electrons. The number of rotatable bonds is 3. The third-order valence-corrected chi connectivity index (χ3v) is 3.77. The van der Waals surface area contributed by atoms with Crippen molar-refractivity contribution in [2.45, 2.75) is 0 Å².